The first-order chi connectivity index (χ1) is 11.7. The number of amides is 1. The van der Waals surface area contributed by atoms with Crippen LogP contribution in [0.4, 0.5) is 0 Å². The highest BCUT2D eigenvalue weighted by atomic mass is 35.5. The molecule has 0 aliphatic rings. The lowest BCUT2D eigenvalue weighted by Crippen LogP contribution is -2.37. The zero-order valence-corrected chi connectivity index (χ0v) is 16.6. The summed E-state index contributed by atoms with van der Waals surface area (Å²) in [5, 5.41) is 11.2. The standard InChI is InChI=1S/C17H23ClN4O2S/c1-10(2)15-20-21-17(22(15)5)25(24)12(4)16(23)19-11(3)13-6-8-14(18)9-7-13/h6-12H,1-5H3,(H,19,23). The van der Waals surface area contributed by atoms with Crippen molar-refractivity contribution in [2.45, 2.75) is 50.1 Å². The Kier molecular flexibility index (Phi) is 6.35. The highest BCUT2D eigenvalue weighted by Crippen LogP contribution is 2.18. The third-order valence-electron chi connectivity index (χ3n) is 3.98. The van der Waals surface area contributed by atoms with Gasteiger partial charge in [-0.1, -0.05) is 37.6 Å². The van der Waals surface area contributed by atoms with E-state index in [4.69, 9.17) is 11.6 Å². The first kappa shape index (κ1) is 19.6. The smallest absolute Gasteiger partial charge is 0.236 e. The van der Waals surface area contributed by atoms with Crippen LogP contribution in [0.25, 0.3) is 0 Å². The lowest BCUT2D eigenvalue weighted by Gasteiger charge is -2.17. The van der Waals surface area contributed by atoms with E-state index in [0.717, 1.165) is 11.4 Å². The maximum atomic E-state index is 12.7. The molecule has 1 aromatic heterocycles. The largest absolute Gasteiger partial charge is 0.349 e. The summed E-state index contributed by atoms with van der Waals surface area (Å²) in [6.45, 7) is 7.47. The van der Waals surface area contributed by atoms with E-state index in [1.54, 1.807) is 30.7 Å². The molecule has 3 atom stereocenters. The molecule has 6 nitrogen and oxygen atoms in total. The van der Waals surface area contributed by atoms with Crippen molar-refractivity contribution in [1.82, 2.24) is 20.1 Å². The van der Waals surface area contributed by atoms with E-state index in [-0.39, 0.29) is 17.9 Å². The van der Waals surface area contributed by atoms with Gasteiger partial charge in [0, 0.05) is 18.0 Å². The van der Waals surface area contributed by atoms with E-state index in [1.165, 1.54) is 0 Å². The van der Waals surface area contributed by atoms with Crippen LogP contribution in [0.2, 0.25) is 5.02 Å². The summed E-state index contributed by atoms with van der Waals surface area (Å²) in [4.78, 5) is 12.5. The van der Waals surface area contributed by atoms with Gasteiger partial charge in [0.05, 0.1) is 6.04 Å². The van der Waals surface area contributed by atoms with E-state index in [9.17, 15) is 9.00 Å². The lowest BCUT2D eigenvalue weighted by atomic mass is 10.1. The van der Waals surface area contributed by atoms with Crippen LogP contribution in [0, 0.1) is 0 Å². The minimum Gasteiger partial charge on any atom is -0.349 e. The second kappa shape index (κ2) is 8.10. The minimum atomic E-state index is -1.59. The number of rotatable bonds is 6. The van der Waals surface area contributed by atoms with Crippen LogP contribution in [-0.2, 0) is 22.6 Å². The van der Waals surface area contributed by atoms with Gasteiger partial charge in [-0.15, -0.1) is 10.2 Å². The average Bonchev–Trinajstić information content (AvgIpc) is 2.95. The monoisotopic (exact) mass is 382 g/mol. The molecule has 136 valence electrons. The van der Waals surface area contributed by atoms with Gasteiger partial charge in [-0.2, -0.15) is 0 Å². The van der Waals surface area contributed by atoms with Crippen LogP contribution in [0.3, 0.4) is 0 Å². The van der Waals surface area contributed by atoms with Crippen LogP contribution in [-0.4, -0.2) is 30.1 Å². The van der Waals surface area contributed by atoms with Crippen molar-refractivity contribution in [2.75, 3.05) is 0 Å². The van der Waals surface area contributed by atoms with Gasteiger partial charge in [0.15, 0.2) is 0 Å². The Labute approximate surface area is 155 Å². The molecule has 0 saturated carbocycles. The Balaban J connectivity index is 2.08. The van der Waals surface area contributed by atoms with Crippen molar-refractivity contribution < 1.29 is 9.00 Å². The normalized spacial score (nSPS) is 15.0. The molecule has 3 unspecified atom stereocenters. The van der Waals surface area contributed by atoms with Crippen LogP contribution < -0.4 is 5.32 Å². The van der Waals surface area contributed by atoms with Gasteiger partial charge in [0.1, 0.15) is 21.9 Å². The molecule has 2 aromatic rings. The van der Waals surface area contributed by atoms with Gasteiger partial charge in [-0.3, -0.25) is 9.00 Å². The zero-order valence-electron chi connectivity index (χ0n) is 15.0. The molecule has 0 bridgehead atoms. The number of hydrogen-bond donors (Lipinski definition) is 1. The second-order valence-electron chi connectivity index (χ2n) is 6.28. The quantitative estimate of drug-likeness (QED) is 0.833. The molecular formula is C17H23ClN4O2S. The minimum absolute atomic E-state index is 0.164. The number of carbonyl (C=O) groups excluding carboxylic acids is 1. The summed E-state index contributed by atoms with van der Waals surface area (Å²) in [5.41, 5.74) is 0.927. The number of nitrogens with zero attached hydrogens (tertiary/aromatic N) is 3. The van der Waals surface area contributed by atoms with Gasteiger partial charge in [0.25, 0.3) is 0 Å². The van der Waals surface area contributed by atoms with Crippen molar-refractivity contribution in [3.05, 3.63) is 40.7 Å². The number of nitrogens with one attached hydrogen (secondary N) is 1. The van der Waals surface area contributed by atoms with Crippen LogP contribution in [0.5, 0.6) is 0 Å². The summed E-state index contributed by atoms with van der Waals surface area (Å²) in [6.07, 6.45) is 0. The number of benzene rings is 1. The van der Waals surface area contributed by atoms with E-state index >= 15 is 0 Å². The molecule has 0 spiro atoms. The van der Waals surface area contributed by atoms with Gasteiger partial charge in [0.2, 0.25) is 11.1 Å². The molecule has 1 amide bonds. The average molecular weight is 383 g/mol. The topological polar surface area (TPSA) is 76.9 Å². The first-order valence-electron chi connectivity index (χ1n) is 8.08. The van der Waals surface area contributed by atoms with Crippen LogP contribution in [0.15, 0.2) is 29.4 Å². The maximum Gasteiger partial charge on any atom is 0.236 e. The third-order valence-corrected chi connectivity index (χ3v) is 5.81. The summed E-state index contributed by atoms with van der Waals surface area (Å²) in [5.74, 6) is 0.609. The molecule has 0 fully saturated rings. The molecule has 0 saturated heterocycles. The van der Waals surface area contributed by atoms with Gasteiger partial charge >= 0.3 is 0 Å². The highest BCUT2D eigenvalue weighted by Gasteiger charge is 2.27. The Morgan fingerprint density at radius 2 is 1.76 bits per heavy atom. The van der Waals surface area contributed by atoms with E-state index in [0.29, 0.717) is 10.2 Å². The number of aromatic nitrogens is 3. The second-order valence-corrected chi connectivity index (χ2v) is 8.38. The fraction of sp³-hybridized carbons (Fsp3) is 0.471. The van der Waals surface area contributed by atoms with Crippen molar-refractivity contribution in [2.24, 2.45) is 7.05 Å². The Bertz CT molecular complexity index is 773. The van der Waals surface area contributed by atoms with Crippen molar-refractivity contribution in [3.8, 4) is 0 Å². The molecule has 1 aromatic carbocycles. The number of carbonyl (C=O) groups is 1. The molecule has 1 heterocycles. The number of hydrogen-bond acceptors (Lipinski definition) is 4. The maximum absolute atomic E-state index is 12.7. The van der Waals surface area contributed by atoms with E-state index < -0.39 is 16.0 Å². The molecule has 25 heavy (non-hydrogen) atoms. The molecule has 0 radical (unpaired) electrons. The van der Waals surface area contributed by atoms with Crippen LogP contribution in [0.1, 0.15) is 51.0 Å². The summed E-state index contributed by atoms with van der Waals surface area (Å²) < 4.78 is 14.4. The molecule has 0 aliphatic carbocycles. The van der Waals surface area contributed by atoms with Gasteiger partial charge < -0.3 is 9.88 Å². The van der Waals surface area contributed by atoms with Crippen molar-refractivity contribution >= 4 is 28.3 Å². The molecule has 2 rings (SSSR count). The third kappa shape index (κ3) is 4.46. The molecule has 8 heteroatoms. The molecule has 0 aliphatic heterocycles. The SMILES string of the molecule is CC(C)c1nnc(S(=O)C(C)C(=O)NC(C)c2ccc(Cl)cc2)n1C. The van der Waals surface area contributed by atoms with Crippen LogP contribution >= 0.6 is 11.6 Å². The van der Waals surface area contributed by atoms with Crippen molar-refractivity contribution in [1.29, 1.82) is 0 Å². The summed E-state index contributed by atoms with van der Waals surface area (Å²) in [7, 11) is 0.182. The fourth-order valence-electron chi connectivity index (χ4n) is 2.42. The Morgan fingerprint density at radius 3 is 2.28 bits per heavy atom. The van der Waals surface area contributed by atoms with E-state index in [2.05, 4.69) is 15.5 Å². The number of halogens is 1. The van der Waals surface area contributed by atoms with Gasteiger partial charge in [-0.25, -0.2) is 0 Å². The van der Waals surface area contributed by atoms with E-state index in [1.807, 2.05) is 32.9 Å². The predicted octanol–water partition coefficient (Wildman–Crippen LogP) is 2.97. The Hall–Kier alpha value is -1.73. The lowest BCUT2D eigenvalue weighted by molar-refractivity contribution is -0.121. The summed E-state index contributed by atoms with van der Waals surface area (Å²) >= 11 is 5.88. The first-order valence-corrected chi connectivity index (χ1v) is 9.67. The van der Waals surface area contributed by atoms with Crippen molar-refractivity contribution in [3.63, 3.8) is 0 Å². The summed E-state index contributed by atoms with van der Waals surface area (Å²) in [6, 6.07) is 7.04. The zero-order chi connectivity index (χ0) is 18.7. The van der Waals surface area contributed by atoms with Gasteiger partial charge in [-0.05, 0) is 31.5 Å². The Morgan fingerprint density at radius 1 is 1.16 bits per heavy atom. The molecular weight excluding hydrogens is 360 g/mol. The predicted molar refractivity (Wildman–Crippen MR) is 99.0 cm³/mol. The highest BCUT2D eigenvalue weighted by molar-refractivity contribution is 7.86. The fourth-order valence-corrected chi connectivity index (χ4v) is 3.61. The molecule has 1 N–H and O–H groups in total.